The predicted octanol–water partition coefficient (Wildman–Crippen LogP) is 3.96. The van der Waals surface area contributed by atoms with E-state index in [0.717, 1.165) is 35.7 Å². The standard InChI is InChI=1S/C16H21NO/c1-15(2)8-4-9-16(18,11-15)13-5-3-6-14-12(13)7-10-17-14/h3,5-7,10,17-18H,4,8-9,11H2,1-2H3. The molecule has 1 aliphatic carbocycles. The van der Waals surface area contributed by atoms with Gasteiger partial charge < -0.3 is 10.1 Å². The van der Waals surface area contributed by atoms with Gasteiger partial charge in [0, 0.05) is 17.1 Å². The number of H-pyrrole nitrogens is 1. The molecule has 0 aliphatic heterocycles. The molecule has 2 aromatic rings. The van der Waals surface area contributed by atoms with Gasteiger partial charge in [-0.05, 0) is 48.8 Å². The van der Waals surface area contributed by atoms with Crippen LogP contribution in [-0.2, 0) is 5.60 Å². The zero-order chi connectivity index (χ0) is 12.8. The number of aliphatic hydroxyl groups is 1. The minimum absolute atomic E-state index is 0.228. The molecule has 18 heavy (non-hydrogen) atoms. The maximum atomic E-state index is 11.1. The highest BCUT2D eigenvalue weighted by atomic mass is 16.3. The number of benzene rings is 1. The van der Waals surface area contributed by atoms with E-state index in [-0.39, 0.29) is 5.41 Å². The Balaban J connectivity index is 2.10. The molecule has 0 spiro atoms. The van der Waals surface area contributed by atoms with Crippen molar-refractivity contribution in [3.8, 4) is 0 Å². The van der Waals surface area contributed by atoms with Gasteiger partial charge in [-0.2, -0.15) is 0 Å². The third kappa shape index (κ3) is 1.85. The van der Waals surface area contributed by atoms with Crippen molar-refractivity contribution >= 4 is 10.9 Å². The van der Waals surface area contributed by atoms with Crippen LogP contribution >= 0.6 is 0 Å². The number of aromatic amines is 1. The summed E-state index contributed by atoms with van der Waals surface area (Å²) in [7, 11) is 0. The fourth-order valence-electron chi connectivity index (χ4n) is 3.55. The summed E-state index contributed by atoms with van der Waals surface area (Å²) in [5, 5.41) is 12.2. The quantitative estimate of drug-likeness (QED) is 0.781. The lowest BCUT2D eigenvalue weighted by molar-refractivity contribution is -0.0428. The highest BCUT2D eigenvalue weighted by Gasteiger charge is 2.40. The molecular weight excluding hydrogens is 222 g/mol. The molecule has 0 radical (unpaired) electrons. The van der Waals surface area contributed by atoms with E-state index in [1.165, 1.54) is 6.42 Å². The summed E-state index contributed by atoms with van der Waals surface area (Å²) in [6.07, 6.45) is 5.99. The maximum Gasteiger partial charge on any atom is 0.0908 e. The van der Waals surface area contributed by atoms with Crippen LogP contribution in [0.4, 0.5) is 0 Å². The minimum Gasteiger partial charge on any atom is -0.385 e. The van der Waals surface area contributed by atoms with Crippen LogP contribution in [0.3, 0.4) is 0 Å². The Bertz CT molecular complexity index is 569. The van der Waals surface area contributed by atoms with E-state index in [4.69, 9.17) is 0 Å². The molecule has 0 saturated heterocycles. The van der Waals surface area contributed by atoms with Gasteiger partial charge in [-0.25, -0.2) is 0 Å². The van der Waals surface area contributed by atoms with Crippen molar-refractivity contribution in [3.05, 3.63) is 36.0 Å². The van der Waals surface area contributed by atoms with Crippen molar-refractivity contribution in [2.45, 2.75) is 45.1 Å². The smallest absolute Gasteiger partial charge is 0.0908 e. The fourth-order valence-corrected chi connectivity index (χ4v) is 3.55. The van der Waals surface area contributed by atoms with E-state index in [1.807, 2.05) is 12.3 Å². The number of nitrogens with one attached hydrogen (secondary N) is 1. The van der Waals surface area contributed by atoms with Gasteiger partial charge in [-0.3, -0.25) is 0 Å². The summed E-state index contributed by atoms with van der Waals surface area (Å²) >= 11 is 0. The highest BCUT2D eigenvalue weighted by molar-refractivity contribution is 5.83. The summed E-state index contributed by atoms with van der Waals surface area (Å²) < 4.78 is 0. The van der Waals surface area contributed by atoms with Gasteiger partial charge in [0.1, 0.15) is 0 Å². The van der Waals surface area contributed by atoms with E-state index < -0.39 is 5.60 Å². The van der Waals surface area contributed by atoms with Crippen LogP contribution in [0.15, 0.2) is 30.5 Å². The van der Waals surface area contributed by atoms with Crippen molar-refractivity contribution < 1.29 is 5.11 Å². The molecule has 2 heteroatoms. The molecule has 96 valence electrons. The molecule has 1 heterocycles. The lowest BCUT2D eigenvalue weighted by Gasteiger charge is -2.42. The lowest BCUT2D eigenvalue weighted by Crippen LogP contribution is -2.36. The SMILES string of the molecule is CC1(C)CCCC(O)(c2cccc3[nH]ccc23)C1. The maximum absolute atomic E-state index is 11.1. The molecular formula is C16H21NO. The van der Waals surface area contributed by atoms with Crippen LogP contribution in [0.25, 0.3) is 10.9 Å². The summed E-state index contributed by atoms with van der Waals surface area (Å²) in [6, 6.07) is 8.26. The average Bonchev–Trinajstić information content (AvgIpc) is 2.74. The van der Waals surface area contributed by atoms with Crippen LogP contribution < -0.4 is 0 Å². The zero-order valence-electron chi connectivity index (χ0n) is 11.2. The van der Waals surface area contributed by atoms with Gasteiger partial charge in [0.25, 0.3) is 0 Å². The monoisotopic (exact) mass is 243 g/mol. The molecule has 1 fully saturated rings. The van der Waals surface area contributed by atoms with Gasteiger partial charge in [0.2, 0.25) is 0 Å². The fraction of sp³-hybridized carbons (Fsp3) is 0.500. The number of aromatic nitrogens is 1. The second-order valence-electron chi connectivity index (χ2n) is 6.47. The van der Waals surface area contributed by atoms with Crippen LogP contribution in [0.2, 0.25) is 0 Å². The molecule has 1 aliphatic rings. The summed E-state index contributed by atoms with van der Waals surface area (Å²) in [6.45, 7) is 4.52. The summed E-state index contributed by atoms with van der Waals surface area (Å²) in [4.78, 5) is 3.23. The largest absolute Gasteiger partial charge is 0.385 e. The summed E-state index contributed by atoms with van der Waals surface area (Å²) in [5.41, 5.74) is 1.77. The van der Waals surface area contributed by atoms with Crippen molar-refractivity contribution in [3.63, 3.8) is 0 Å². The second-order valence-corrected chi connectivity index (χ2v) is 6.47. The molecule has 1 aromatic carbocycles. The molecule has 0 amide bonds. The Morgan fingerprint density at radius 3 is 2.78 bits per heavy atom. The number of hydrogen-bond donors (Lipinski definition) is 2. The predicted molar refractivity (Wildman–Crippen MR) is 74.4 cm³/mol. The highest BCUT2D eigenvalue weighted by Crippen LogP contribution is 2.47. The normalized spacial score (nSPS) is 27.5. The topological polar surface area (TPSA) is 36.0 Å². The van der Waals surface area contributed by atoms with Crippen molar-refractivity contribution in [2.75, 3.05) is 0 Å². The second kappa shape index (κ2) is 3.86. The van der Waals surface area contributed by atoms with Crippen molar-refractivity contribution in [1.82, 2.24) is 4.98 Å². The van der Waals surface area contributed by atoms with Crippen LogP contribution in [0, 0.1) is 5.41 Å². The molecule has 2 N–H and O–H groups in total. The van der Waals surface area contributed by atoms with Crippen LogP contribution in [0.1, 0.15) is 45.1 Å². The van der Waals surface area contributed by atoms with Crippen LogP contribution in [-0.4, -0.2) is 10.1 Å². The Morgan fingerprint density at radius 1 is 1.17 bits per heavy atom. The Hall–Kier alpha value is -1.28. The van der Waals surface area contributed by atoms with E-state index >= 15 is 0 Å². The average molecular weight is 243 g/mol. The number of rotatable bonds is 1. The van der Waals surface area contributed by atoms with Gasteiger partial charge in [-0.1, -0.05) is 26.0 Å². The third-order valence-electron chi connectivity index (χ3n) is 4.31. The number of fused-ring (bicyclic) bond motifs is 1. The van der Waals surface area contributed by atoms with Gasteiger partial charge >= 0.3 is 0 Å². The molecule has 0 bridgehead atoms. The Kier molecular flexibility index (Phi) is 2.53. The van der Waals surface area contributed by atoms with Crippen LogP contribution in [0.5, 0.6) is 0 Å². The van der Waals surface area contributed by atoms with E-state index in [2.05, 4.69) is 37.0 Å². The lowest BCUT2D eigenvalue weighted by atomic mass is 9.67. The molecule has 1 saturated carbocycles. The zero-order valence-corrected chi connectivity index (χ0v) is 11.2. The summed E-state index contributed by atoms with van der Waals surface area (Å²) in [5.74, 6) is 0. The Morgan fingerprint density at radius 2 is 2.00 bits per heavy atom. The molecule has 3 rings (SSSR count). The van der Waals surface area contributed by atoms with Gasteiger partial charge in [0.05, 0.1) is 5.60 Å². The van der Waals surface area contributed by atoms with E-state index in [0.29, 0.717) is 0 Å². The first-order chi connectivity index (χ1) is 8.50. The van der Waals surface area contributed by atoms with Gasteiger partial charge in [0.15, 0.2) is 0 Å². The first-order valence-corrected chi connectivity index (χ1v) is 6.79. The first kappa shape index (κ1) is 11.8. The Labute approximate surface area is 108 Å². The molecule has 1 aromatic heterocycles. The minimum atomic E-state index is -0.663. The van der Waals surface area contributed by atoms with E-state index in [1.54, 1.807) is 0 Å². The molecule has 1 unspecified atom stereocenters. The van der Waals surface area contributed by atoms with Gasteiger partial charge in [-0.15, -0.1) is 0 Å². The van der Waals surface area contributed by atoms with E-state index in [9.17, 15) is 5.11 Å². The van der Waals surface area contributed by atoms with Crippen molar-refractivity contribution in [2.24, 2.45) is 5.41 Å². The molecule has 1 atom stereocenters. The van der Waals surface area contributed by atoms with Crippen molar-refractivity contribution in [1.29, 1.82) is 0 Å². The first-order valence-electron chi connectivity index (χ1n) is 6.79. The molecule has 2 nitrogen and oxygen atoms in total. The number of hydrogen-bond acceptors (Lipinski definition) is 1. The third-order valence-corrected chi connectivity index (χ3v) is 4.31.